The first-order chi connectivity index (χ1) is 10.7. The summed E-state index contributed by atoms with van der Waals surface area (Å²) in [7, 11) is 0. The van der Waals surface area contributed by atoms with E-state index in [0.717, 1.165) is 11.1 Å². The Kier molecular flexibility index (Phi) is 5.91. The Bertz CT molecular complexity index is 602. The van der Waals surface area contributed by atoms with Gasteiger partial charge < -0.3 is 10.1 Å². The third kappa shape index (κ3) is 4.56. The summed E-state index contributed by atoms with van der Waals surface area (Å²) >= 11 is 0. The molecule has 0 bridgehead atoms. The van der Waals surface area contributed by atoms with Crippen LogP contribution >= 0.6 is 0 Å². The van der Waals surface area contributed by atoms with E-state index < -0.39 is 0 Å². The molecule has 5 heteroatoms. The number of anilines is 1. The van der Waals surface area contributed by atoms with Crippen molar-refractivity contribution in [1.29, 1.82) is 0 Å². The van der Waals surface area contributed by atoms with Crippen LogP contribution in [-0.4, -0.2) is 24.2 Å². The van der Waals surface area contributed by atoms with Gasteiger partial charge in [0.2, 0.25) is 0 Å². The van der Waals surface area contributed by atoms with E-state index in [9.17, 15) is 4.79 Å². The van der Waals surface area contributed by atoms with Crippen LogP contribution in [0.1, 0.15) is 24.2 Å². The number of hydrogen-bond donors (Lipinski definition) is 2. The van der Waals surface area contributed by atoms with Gasteiger partial charge in [0.25, 0.3) is 0 Å². The van der Waals surface area contributed by atoms with Gasteiger partial charge in [-0.3, -0.25) is 5.32 Å². The summed E-state index contributed by atoms with van der Waals surface area (Å²) in [6.45, 7) is 4.82. The fraction of sp³-hybridized carbons (Fsp3) is 0.294. The van der Waals surface area contributed by atoms with E-state index in [1.165, 1.54) is 0 Å². The molecular formula is C17H21N3O2. The SMILES string of the molecule is CCO[C@@H](CNC(=O)Nc1ncccc1C)c1ccccc1. The molecule has 0 saturated heterocycles. The summed E-state index contributed by atoms with van der Waals surface area (Å²) in [6.07, 6.45) is 1.48. The molecule has 0 aliphatic heterocycles. The number of rotatable bonds is 6. The molecule has 1 aromatic heterocycles. The molecule has 1 aromatic carbocycles. The van der Waals surface area contributed by atoms with Gasteiger partial charge in [-0.15, -0.1) is 0 Å². The first-order valence-corrected chi connectivity index (χ1v) is 7.33. The van der Waals surface area contributed by atoms with Crippen molar-refractivity contribution in [2.24, 2.45) is 0 Å². The zero-order valence-corrected chi connectivity index (χ0v) is 12.9. The van der Waals surface area contributed by atoms with E-state index in [0.29, 0.717) is 19.0 Å². The molecule has 0 fully saturated rings. The largest absolute Gasteiger partial charge is 0.372 e. The monoisotopic (exact) mass is 299 g/mol. The van der Waals surface area contributed by atoms with Gasteiger partial charge in [0.05, 0.1) is 6.10 Å². The van der Waals surface area contributed by atoms with Crippen LogP contribution in [0.2, 0.25) is 0 Å². The number of pyridine rings is 1. The quantitative estimate of drug-likeness (QED) is 0.860. The van der Waals surface area contributed by atoms with Crippen LogP contribution in [0.15, 0.2) is 48.7 Å². The third-order valence-corrected chi connectivity index (χ3v) is 3.23. The maximum atomic E-state index is 12.0. The molecule has 2 rings (SSSR count). The Labute approximate surface area is 130 Å². The molecule has 1 heterocycles. The molecule has 2 aromatic rings. The van der Waals surface area contributed by atoms with Crippen molar-refractivity contribution in [3.05, 3.63) is 59.8 Å². The Morgan fingerprint density at radius 3 is 2.68 bits per heavy atom. The van der Waals surface area contributed by atoms with Gasteiger partial charge in [0.1, 0.15) is 5.82 Å². The number of nitrogens with one attached hydrogen (secondary N) is 2. The Morgan fingerprint density at radius 2 is 2.00 bits per heavy atom. The first-order valence-electron chi connectivity index (χ1n) is 7.33. The van der Waals surface area contributed by atoms with Crippen molar-refractivity contribution in [2.45, 2.75) is 20.0 Å². The zero-order chi connectivity index (χ0) is 15.8. The van der Waals surface area contributed by atoms with Gasteiger partial charge in [-0.2, -0.15) is 0 Å². The highest BCUT2D eigenvalue weighted by Crippen LogP contribution is 2.16. The van der Waals surface area contributed by atoms with Gasteiger partial charge in [0.15, 0.2) is 0 Å². The van der Waals surface area contributed by atoms with Crippen molar-refractivity contribution in [2.75, 3.05) is 18.5 Å². The lowest BCUT2D eigenvalue weighted by Gasteiger charge is -2.18. The average molecular weight is 299 g/mol. The number of amides is 2. The Morgan fingerprint density at radius 1 is 1.23 bits per heavy atom. The van der Waals surface area contributed by atoms with Crippen LogP contribution in [0.4, 0.5) is 10.6 Å². The van der Waals surface area contributed by atoms with E-state index in [1.54, 1.807) is 6.20 Å². The minimum atomic E-state index is -0.289. The second-order valence-electron chi connectivity index (χ2n) is 4.86. The summed E-state index contributed by atoms with van der Waals surface area (Å²) in [5, 5.41) is 5.57. The normalized spacial score (nSPS) is 11.7. The number of aryl methyl sites for hydroxylation is 1. The minimum absolute atomic E-state index is 0.165. The number of benzene rings is 1. The number of urea groups is 1. The molecular weight excluding hydrogens is 278 g/mol. The molecule has 2 N–H and O–H groups in total. The smallest absolute Gasteiger partial charge is 0.320 e. The predicted molar refractivity (Wildman–Crippen MR) is 86.8 cm³/mol. The average Bonchev–Trinajstić information content (AvgIpc) is 2.54. The maximum Gasteiger partial charge on any atom is 0.320 e. The van der Waals surface area contributed by atoms with E-state index in [-0.39, 0.29) is 12.1 Å². The van der Waals surface area contributed by atoms with Crippen LogP contribution in [0.3, 0.4) is 0 Å². The first kappa shape index (κ1) is 16.0. The molecule has 116 valence electrons. The molecule has 0 aliphatic rings. The number of ether oxygens (including phenoxy) is 1. The van der Waals surface area contributed by atoms with Crippen molar-refractivity contribution in [1.82, 2.24) is 10.3 Å². The van der Waals surface area contributed by atoms with Gasteiger partial charge in [0, 0.05) is 19.3 Å². The van der Waals surface area contributed by atoms with Crippen molar-refractivity contribution in [3.8, 4) is 0 Å². The van der Waals surface area contributed by atoms with Crippen LogP contribution < -0.4 is 10.6 Å². The van der Waals surface area contributed by atoms with Gasteiger partial charge in [-0.05, 0) is 31.0 Å². The molecule has 0 spiro atoms. The summed E-state index contributed by atoms with van der Waals surface area (Å²) in [6, 6.07) is 13.3. The molecule has 0 radical (unpaired) electrons. The van der Waals surface area contributed by atoms with Gasteiger partial charge in [-0.25, -0.2) is 9.78 Å². The van der Waals surface area contributed by atoms with Crippen molar-refractivity contribution < 1.29 is 9.53 Å². The second kappa shape index (κ2) is 8.14. The highest BCUT2D eigenvalue weighted by atomic mass is 16.5. The van der Waals surface area contributed by atoms with Crippen LogP contribution in [-0.2, 0) is 4.74 Å². The summed E-state index contributed by atoms with van der Waals surface area (Å²) < 4.78 is 5.69. The van der Waals surface area contributed by atoms with Crippen LogP contribution in [0.5, 0.6) is 0 Å². The Hall–Kier alpha value is -2.40. The molecule has 0 saturated carbocycles. The number of hydrogen-bond acceptors (Lipinski definition) is 3. The fourth-order valence-electron chi connectivity index (χ4n) is 2.10. The molecule has 1 atom stereocenters. The summed E-state index contributed by atoms with van der Waals surface area (Å²) in [4.78, 5) is 16.1. The van der Waals surface area contributed by atoms with Crippen LogP contribution in [0, 0.1) is 6.92 Å². The summed E-state index contributed by atoms with van der Waals surface area (Å²) in [5.74, 6) is 0.563. The lowest BCUT2D eigenvalue weighted by molar-refractivity contribution is 0.0643. The lowest BCUT2D eigenvalue weighted by atomic mass is 10.1. The molecule has 2 amide bonds. The predicted octanol–water partition coefficient (Wildman–Crippen LogP) is 3.29. The fourth-order valence-corrected chi connectivity index (χ4v) is 2.10. The molecule has 0 aliphatic carbocycles. The van der Waals surface area contributed by atoms with Gasteiger partial charge in [-0.1, -0.05) is 36.4 Å². The topological polar surface area (TPSA) is 63.2 Å². The van der Waals surface area contributed by atoms with E-state index in [4.69, 9.17) is 4.74 Å². The molecule has 0 unspecified atom stereocenters. The van der Waals surface area contributed by atoms with Gasteiger partial charge >= 0.3 is 6.03 Å². The second-order valence-corrected chi connectivity index (χ2v) is 4.86. The number of carbonyl (C=O) groups excluding carboxylic acids is 1. The van der Waals surface area contributed by atoms with E-state index >= 15 is 0 Å². The Balaban J connectivity index is 1.92. The van der Waals surface area contributed by atoms with Crippen LogP contribution in [0.25, 0.3) is 0 Å². The lowest BCUT2D eigenvalue weighted by Crippen LogP contribution is -2.33. The summed E-state index contributed by atoms with van der Waals surface area (Å²) in [5.41, 5.74) is 1.96. The van der Waals surface area contributed by atoms with Crippen molar-refractivity contribution in [3.63, 3.8) is 0 Å². The highest BCUT2D eigenvalue weighted by Gasteiger charge is 2.13. The maximum absolute atomic E-state index is 12.0. The number of aromatic nitrogens is 1. The third-order valence-electron chi connectivity index (χ3n) is 3.23. The standard InChI is InChI=1S/C17H21N3O2/c1-3-22-15(14-9-5-4-6-10-14)12-19-17(21)20-16-13(2)8-7-11-18-16/h4-11,15H,3,12H2,1-2H3,(H2,18,19,20,21)/t15-/m0/s1. The minimum Gasteiger partial charge on any atom is -0.372 e. The number of carbonyl (C=O) groups is 1. The zero-order valence-electron chi connectivity index (χ0n) is 12.9. The van der Waals surface area contributed by atoms with E-state index in [2.05, 4.69) is 15.6 Å². The molecule has 5 nitrogen and oxygen atoms in total. The molecule has 22 heavy (non-hydrogen) atoms. The van der Waals surface area contributed by atoms with E-state index in [1.807, 2.05) is 56.3 Å². The number of nitrogens with zero attached hydrogens (tertiary/aromatic N) is 1. The highest BCUT2D eigenvalue weighted by molar-refractivity contribution is 5.88. The van der Waals surface area contributed by atoms with Crippen molar-refractivity contribution >= 4 is 11.8 Å².